The minimum Gasteiger partial charge on any atom is -0.350 e. The highest BCUT2D eigenvalue weighted by Gasteiger charge is 2.12. The first-order chi connectivity index (χ1) is 17.5. The molecule has 36 heavy (non-hydrogen) atoms. The Labute approximate surface area is 217 Å². The van der Waals surface area contributed by atoms with E-state index in [2.05, 4.69) is 52.6 Å². The van der Waals surface area contributed by atoms with Gasteiger partial charge in [0.15, 0.2) is 0 Å². The number of rotatable bonds is 11. The number of fused-ring (bicyclic) bond motifs is 1. The second-order valence-electron chi connectivity index (χ2n) is 8.96. The lowest BCUT2D eigenvalue weighted by molar-refractivity contribution is -0.113. The molecule has 0 bridgehead atoms. The largest absolute Gasteiger partial charge is 0.350 e. The Balaban J connectivity index is 1.33. The highest BCUT2D eigenvalue weighted by molar-refractivity contribution is 8.00. The van der Waals surface area contributed by atoms with E-state index in [1.165, 1.54) is 30.2 Å². The fourth-order valence-electron chi connectivity index (χ4n) is 4.09. The van der Waals surface area contributed by atoms with Crippen molar-refractivity contribution in [1.82, 2.24) is 9.88 Å². The second kappa shape index (κ2) is 12.5. The molecule has 2 N–H and O–H groups in total. The van der Waals surface area contributed by atoms with Gasteiger partial charge in [-0.05, 0) is 55.7 Å². The van der Waals surface area contributed by atoms with E-state index in [0.717, 1.165) is 33.5 Å². The Morgan fingerprint density at radius 2 is 1.69 bits per heavy atom. The molecule has 3 aromatic carbocycles. The van der Waals surface area contributed by atoms with Crippen LogP contribution in [0.4, 0.5) is 5.69 Å². The highest BCUT2D eigenvalue weighted by Crippen LogP contribution is 2.30. The van der Waals surface area contributed by atoms with Gasteiger partial charge in [0.25, 0.3) is 5.91 Å². The van der Waals surface area contributed by atoms with Gasteiger partial charge in [-0.2, -0.15) is 0 Å². The van der Waals surface area contributed by atoms with Crippen molar-refractivity contribution >= 4 is 40.2 Å². The molecule has 0 aliphatic rings. The summed E-state index contributed by atoms with van der Waals surface area (Å²) in [7, 11) is 0. The van der Waals surface area contributed by atoms with Crippen molar-refractivity contribution < 1.29 is 9.59 Å². The maximum Gasteiger partial charge on any atom is 0.251 e. The smallest absolute Gasteiger partial charge is 0.251 e. The van der Waals surface area contributed by atoms with Crippen LogP contribution in [0.25, 0.3) is 10.9 Å². The molecule has 0 saturated carbocycles. The van der Waals surface area contributed by atoms with Crippen molar-refractivity contribution in [3.8, 4) is 0 Å². The molecule has 0 aliphatic heterocycles. The van der Waals surface area contributed by atoms with Gasteiger partial charge in [-0.3, -0.25) is 9.59 Å². The number of nitrogens with one attached hydrogen (secondary N) is 2. The number of amides is 2. The van der Waals surface area contributed by atoms with Crippen molar-refractivity contribution in [3.05, 3.63) is 95.7 Å². The van der Waals surface area contributed by atoms with Crippen LogP contribution in [-0.4, -0.2) is 28.7 Å². The molecule has 0 aliphatic carbocycles. The van der Waals surface area contributed by atoms with Crippen LogP contribution >= 0.6 is 11.8 Å². The lowest BCUT2D eigenvalue weighted by Gasteiger charge is -2.08. The van der Waals surface area contributed by atoms with E-state index in [1.54, 1.807) is 0 Å². The number of carbonyl (C=O) groups is 2. The molecular formula is C30H33N3O2S. The van der Waals surface area contributed by atoms with Crippen molar-refractivity contribution in [2.45, 2.75) is 44.6 Å². The van der Waals surface area contributed by atoms with E-state index in [1.807, 2.05) is 55.5 Å². The van der Waals surface area contributed by atoms with E-state index in [4.69, 9.17) is 0 Å². The fourth-order valence-corrected chi connectivity index (χ4v) is 4.97. The van der Waals surface area contributed by atoms with E-state index >= 15 is 0 Å². The molecule has 1 aromatic heterocycles. The van der Waals surface area contributed by atoms with Gasteiger partial charge < -0.3 is 15.2 Å². The second-order valence-corrected chi connectivity index (χ2v) is 9.98. The zero-order valence-corrected chi connectivity index (χ0v) is 21.7. The van der Waals surface area contributed by atoms with Gasteiger partial charge in [0.2, 0.25) is 5.91 Å². The van der Waals surface area contributed by atoms with Crippen molar-refractivity contribution in [1.29, 1.82) is 0 Å². The molecule has 4 rings (SSSR count). The fraction of sp³-hybridized carbons (Fsp3) is 0.267. The lowest BCUT2D eigenvalue weighted by Crippen LogP contribution is -2.27. The molecular weight excluding hydrogens is 466 g/mol. The van der Waals surface area contributed by atoms with Crippen molar-refractivity contribution in [3.63, 3.8) is 0 Å². The van der Waals surface area contributed by atoms with Gasteiger partial charge in [-0.15, -0.1) is 11.8 Å². The quantitative estimate of drug-likeness (QED) is 0.233. The van der Waals surface area contributed by atoms with Crippen LogP contribution in [0.15, 0.2) is 83.9 Å². The first-order valence-corrected chi connectivity index (χ1v) is 13.5. The molecule has 0 saturated heterocycles. The molecule has 1 heterocycles. The number of benzene rings is 3. The first kappa shape index (κ1) is 25.6. The van der Waals surface area contributed by atoms with Gasteiger partial charge in [-0.1, -0.05) is 61.4 Å². The van der Waals surface area contributed by atoms with E-state index < -0.39 is 0 Å². The molecule has 0 fully saturated rings. The molecule has 5 nitrogen and oxygen atoms in total. The van der Waals surface area contributed by atoms with Crippen LogP contribution in [0.2, 0.25) is 0 Å². The highest BCUT2D eigenvalue weighted by atomic mass is 32.2. The number of para-hydroxylation sites is 1. The Kier molecular flexibility index (Phi) is 8.85. The van der Waals surface area contributed by atoms with Gasteiger partial charge in [-0.25, -0.2) is 0 Å². The van der Waals surface area contributed by atoms with Crippen LogP contribution in [0, 0.1) is 6.92 Å². The standard InChI is InChI=1S/C30H33N3O2S/c1-3-4-7-23-12-16-25(17-13-23)32-29(34)21-36-28-20-33(27-9-6-5-8-26(27)28)19-18-31-30(35)24-14-10-22(2)11-15-24/h5-6,8-17,20H,3-4,7,18-19,21H2,1-2H3,(H,31,35)(H,32,34). The number of thioether (sulfide) groups is 1. The predicted molar refractivity (Wildman–Crippen MR) is 150 cm³/mol. The number of aryl methyl sites for hydroxylation is 2. The van der Waals surface area contributed by atoms with Crippen LogP contribution in [-0.2, 0) is 17.8 Å². The molecule has 4 aromatic rings. The SMILES string of the molecule is CCCCc1ccc(NC(=O)CSc2cn(CCNC(=O)c3ccc(C)cc3)c3ccccc23)cc1. The lowest BCUT2D eigenvalue weighted by atomic mass is 10.1. The third-order valence-corrected chi connectivity index (χ3v) is 7.16. The minimum atomic E-state index is -0.0730. The van der Waals surface area contributed by atoms with Crippen molar-refractivity contribution in [2.24, 2.45) is 0 Å². The third kappa shape index (κ3) is 6.79. The average Bonchev–Trinajstić information content (AvgIpc) is 3.25. The summed E-state index contributed by atoms with van der Waals surface area (Å²) in [4.78, 5) is 26.1. The van der Waals surface area contributed by atoms with Gasteiger partial charge >= 0.3 is 0 Å². The summed E-state index contributed by atoms with van der Waals surface area (Å²) in [6.45, 7) is 5.36. The number of nitrogens with zero attached hydrogens (tertiary/aromatic N) is 1. The number of carbonyl (C=O) groups excluding carboxylic acids is 2. The number of hydrogen-bond acceptors (Lipinski definition) is 3. The first-order valence-electron chi connectivity index (χ1n) is 12.5. The molecule has 0 unspecified atom stereocenters. The van der Waals surface area contributed by atoms with Crippen LogP contribution < -0.4 is 10.6 Å². The Hall–Kier alpha value is -3.51. The summed E-state index contributed by atoms with van der Waals surface area (Å²) < 4.78 is 2.14. The molecule has 6 heteroatoms. The summed E-state index contributed by atoms with van der Waals surface area (Å²) in [5, 5.41) is 7.12. The topological polar surface area (TPSA) is 63.1 Å². The molecule has 0 atom stereocenters. The predicted octanol–water partition coefficient (Wildman–Crippen LogP) is 6.45. The monoisotopic (exact) mass is 499 g/mol. The van der Waals surface area contributed by atoms with Gasteiger partial charge in [0.05, 0.1) is 5.75 Å². The number of aromatic nitrogens is 1. The Bertz CT molecular complexity index is 1310. The Morgan fingerprint density at radius 1 is 0.944 bits per heavy atom. The average molecular weight is 500 g/mol. The van der Waals surface area contributed by atoms with Crippen molar-refractivity contribution in [2.75, 3.05) is 17.6 Å². The summed E-state index contributed by atoms with van der Waals surface area (Å²) in [5.74, 6) is 0.232. The van der Waals surface area contributed by atoms with E-state index in [9.17, 15) is 9.59 Å². The number of hydrogen-bond donors (Lipinski definition) is 2. The van der Waals surface area contributed by atoms with Gasteiger partial charge in [0, 0.05) is 46.3 Å². The zero-order valence-electron chi connectivity index (χ0n) is 20.9. The summed E-state index contributed by atoms with van der Waals surface area (Å²) >= 11 is 1.53. The van der Waals surface area contributed by atoms with Crippen LogP contribution in [0.5, 0.6) is 0 Å². The third-order valence-electron chi connectivity index (χ3n) is 6.12. The van der Waals surface area contributed by atoms with E-state index in [-0.39, 0.29) is 11.8 Å². The van der Waals surface area contributed by atoms with Gasteiger partial charge in [0.1, 0.15) is 0 Å². The summed E-state index contributed by atoms with van der Waals surface area (Å²) in [6.07, 6.45) is 5.49. The zero-order chi connectivity index (χ0) is 25.3. The number of anilines is 1. The number of unbranched alkanes of at least 4 members (excludes halogenated alkanes) is 1. The van der Waals surface area contributed by atoms with Crippen LogP contribution in [0.1, 0.15) is 41.3 Å². The molecule has 186 valence electrons. The van der Waals surface area contributed by atoms with Crippen LogP contribution in [0.3, 0.4) is 0 Å². The molecule has 0 radical (unpaired) electrons. The Morgan fingerprint density at radius 3 is 2.44 bits per heavy atom. The van der Waals surface area contributed by atoms with E-state index in [0.29, 0.717) is 24.4 Å². The molecule has 0 spiro atoms. The molecule has 2 amide bonds. The maximum atomic E-state index is 12.6. The summed E-state index contributed by atoms with van der Waals surface area (Å²) in [5.41, 5.74) is 5.01. The summed E-state index contributed by atoms with van der Waals surface area (Å²) in [6, 6.07) is 23.9. The normalized spacial score (nSPS) is 10.9. The maximum absolute atomic E-state index is 12.6. The minimum absolute atomic E-state index is 0.0245.